The molecule has 0 saturated carbocycles. The van der Waals surface area contributed by atoms with E-state index in [0.29, 0.717) is 34.3 Å². The third-order valence-corrected chi connectivity index (χ3v) is 4.24. The van der Waals surface area contributed by atoms with Crippen LogP contribution >= 0.6 is 0 Å². The fourth-order valence-electron chi connectivity index (χ4n) is 2.76. The van der Waals surface area contributed by atoms with Crippen molar-refractivity contribution in [3.8, 4) is 5.75 Å². The van der Waals surface area contributed by atoms with Crippen LogP contribution in [0.3, 0.4) is 0 Å². The molecule has 7 nitrogen and oxygen atoms in total. The Hall–Kier alpha value is -3.74. The number of carbonyl (C=O) groups excluding carboxylic acids is 2. The molecule has 29 heavy (non-hydrogen) atoms. The lowest BCUT2D eigenvalue weighted by molar-refractivity contribution is 0.101. The number of Topliss-reactive ketones (excluding diaryl/α,β-unsaturated/α-hetero) is 1. The van der Waals surface area contributed by atoms with Gasteiger partial charge in [-0.2, -0.15) is 0 Å². The van der Waals surface area contributed by atoms with Crippen LogP contribution in [0.5, 0.6) is 5.75 Å². The quantitative estimate of drug-likeness (QED) is 0.610. The van der Waals surface area contributed by atoms with E-state index in [1.165, 1.54) is 6.92 Å². The minimum absolute atomic E-state index is 0.00566. The fourth-order valence-corrected chi connectivity index (χ4v) is 2.76. The van der Waals surface area contributed by atoms with E-state index in [1.54, 1.807) is 50.4 Å². The zero-order valence-corrected chi connectivity index (χ0v) is 16.7. The molecule has 7 heteroatoms. The second-order valence-electron chi connectivity index (χ2n) is 6.63. The number of nitrogens with one attached hydrogen (secondary N) is 2. The van der Waals surface area contributed by atoms with Crippen molar-refractivity contribution in [2.24, 2.45) is 0 Å². The number of anilines is 3. The molecule has 0 aliphatic carbocycles. The number of nitrogens with zero attached hydrogens (tertiary/aromatic N) is 2. The van der Waals surface area contributed by atoms with Crippen LogP contribution in [-0.2, 0) is 0 Å². The topological polar surface area (TPSA) is 93.2 Å². The molecule has 3 rings (SSSR count). The number of methoxy groups -OCH3 is 1. The summed E-state index contributed by atoms with van der Waals surface area (Å²) in [5, 5.41) is 5.90. The Kier molecular flexibility index (Phi) is 5.87. The smallest absolute Gasteiger partial charge is 0.274 e. The number of aryl methyl sites for hydroxylation is 2. The zero-order chi connectivity index (χ0) is 21.0. The average molecular weight is 390 g/mol. The molecule has 0 radical (unpaired) electrons. The molecule has 0 unspecified atom stereocenters. The standard InChI is InChI=1S/C22H22N4O3/c1-13-5-10-20(29-4)18(11-13)25-21(28)19-12-14(2)23-22(26-19)24-17-8-6-16(7-9-17)15(3)27/h5-12H,1-4H3,(H,25,28)(H,23,24,26). The SMILES string of the molecule is COc1ccc(C)cc1NC(=O)c1cc(C)nc(Nc2ccc(C(C)=O)cc2)n1. The number of ketones is 1. The Labute approximate surface area is 169 Å². The number of carbonyl (C=O) groups is 2. The highest BCUT2D eigenvalue weighted by Crippen LogP contribution is 2.26. The predicted octanol–water partition coefficient (Wildman–Crippen LogP) is 4.30. The monoisotopic (exact) mass is 390 g/mol. The Morgan fingerprint density at radius 3 is 2.34 bits per heavy atom. The maximum Gasteiger partial charge on any atom is 0.274 e. The molecular formula is C22H22N4O3. The van der Waals surface area contributed by atoms with Crippen LogP contribution in [0.4, 0.5) is 17.3 Å². The first-order valence-electron chi connectivity index (χ1n) is 9.05. The van der Waals surface area contributed by atoms with Crippen molar-refractivity contribution >= 4 is 29.0 Å². The van der Waals surface area contributed by atoms with E-state index in [4.69, 9.17) is 4.74 Å². The van der Waals surface area contributed by atoms with E-state index in [1.807, 2.05) is 19.1 Å². The number of hydrogen-bond acceptors (Lipinski definition) is 6. The van der Waals surface area contributed by atoms with E-state index in [9.17, 15) is 9.59 Å². The maximum atomic E-state index is 12.7. The van der Waals surface area contributed by atoms with Crippen molar-refractivity contribution in [1.82, 2.24) is 9.97 Å². The highest BCUT2D eigenvalue weighted by molar-refractivity contribution is 6.04. The molecule has 0 aliphatic heterocycles. The van der Waals surface area contributed by atoms with Gasteiger partial charge < -0.3 is 15.4 Å². The van der Waals surface area contributed by atoms with Gasteiger partial charge in [0.1, 0.15) is 11.4 Å². The summed E-state index contributed by atoms with van der Waals surface area (Å²) < 4.78 is 5.31. The van der Waals surface area contributed by atoms with Crippen LogP contribution in [0.25, 0.3) is 0 Å². The number of benzene rings is 2. The summed E-state index contributed by atoms with van der Waals surface area (Å²) >= 11 is 0. The molecule has 0 fully saturated rings. The van der Waals surface area contributed by atoms with Gasteiger partial charge in [-0.1, -0.05) is 6.07 Å². The van der Waals surface area contributed by atoms with E-state index in [2.05, 4.69) is 20.6 Å². The summed E-state index contributed by atoms with van der Waals surface area (Å²) in [6.45, 7) is 5.24. The van der Waals surface area contributed by atoms with Gasteiger partial charge in [0.05, 0.1) is 12.8 Å². The first-order chi connectivity index (χ1) is 13.9. The summed E-state index contributed by atoms with van der Waals surface area (Å²) in [5.74, 6) is 0.490. The van der Waals surface area contributed by atoms with Crippen LogP contribution < -0.4 is 15.4 Å². The average Bonchev–Trinajstić information content (AvgIpc) is 2.68. The predicted molar refractivity (Wildman–Crippen MR) is 112 cm³/mol. The highest BCUT2D eigenvalue weighted by Gasteiger charge is 2.14. The summed E-state index contributed by atoms with van der Waals surface area (Å²) in [6, 6.07) is 14.1. The molecule has 1 amide bonds. The van der Waals surface area contributed by atoms with Crippen molar-refractivity contribution in [2.75, 3.05) is 17.7 Å². The van der Waals surface area contributed by atoms with E-state index in [-0.39, 0.29) is 17.4 Å². The Bertz CT molecular complexity index is 1060. The van der Waals surface area contributed by atoms with Crippen LogP contribution in [0.2, 0.25) is 0 Å². The van der Waals surface area contributed by atoms with E-state index >= 15 is 0 Å². The van der Waals surface area contributed by atoms with Crippen molar-refractivity contribution in [2.45, 2.75) is 20.8 Å². The first-order valence-corrected chi connectivity index (χ1v) is 9.05. The molecule has 2 N–H and O–H groups in total. The lowest BCUT2D eigenvalue weighted by Gasteiger charge is -2.12. The van der Waals surface area contributed by atoms with Gasteiger partial charge in [-0.25, -0.2) is 9.97 Å². The normalized spacial score (nSPS) is 10.3. The van der Waals surface area contributed by atoms with E-state index < -0.39 is 0 Å². The molecular weight excluding hydrogens is 368 g/mol. The fraction of sp³-hybridized carbons (Fsp3) is 0.182. The largest absolute Gasteiger partial charge is 0.495 e. The lowest BCUT2D eigenvalue weighted by atomic mass is 10.1. The minimum atomic E-state index is -0.366. The molecule has 1 aromatic heterocycles. The lowest BCUT2D eigenvalue weighted by Crippen LogP contribution is -2.16. The van der Waals surface area contributed by atoms with E-state index in [0.717, 1.165) is 5.56 Å². The van der Waals surface area contributed by atoms with Crippen molar-refractivity contribution in [3.63, 3.8) is 0 Å². The summed E-state index contributed by atoms with van der Waals surface area (Å²) in [6.07, 6.45) is 0. The summed E-state index contributed by atoms with van der Waals surface area (Å²) in [7, 11) is 1.55. The van der Waals surface area contributed by atoms with Gasteiger partial charge in [0.25, 0.3) is 5.91 Å². The van der Waals surface area contributed by atoms with Gasteiger partial charge in [0, 0.05) is 16.9 Å². The molecule has 0 spiro atoms. The number of amides is 1. The molecule has 0 bridgehead atoms. The third kappa shape index (κ3) is 4.95. The van der Waals surface area contributed by atoms with Crippen LogP contribution in [0.15, 0.2) is 48.5 Å². The third-order valence-electron chi connectivity index (χ3n) is 4.24. The molecule has 1 heterocycles. The Balaban J connectivity index is 1.82. The van der Waals surface area contributed by atoms with Crippen LogP contribution in [0.1, 0.15) is 39.0 Å². The van der Waals surface area contributed by atoms with Crippen molar-refractivity contribution in [1.29, 1.82) is 0 Å². The minimum Gasteiger partial charge on any atom is -0.495 e. The molecule has 148 valence electrons. The zero-order valence-electron chi connectivity index (χ0n) is 16.7. The molecule has 0 aliphatic rings. The number of ether oxygens (including phenoxy) is 1. The summed E-state index contributed by atoms with van der Waals surface area (Å²) in [4.78, 5) is 32.8. The van der Waals surface area contributed by atoms with Gasteiger partial charge in [0.2, 0.25) is 5.95 Å². The Morgan fingerprint density at radius 1 is 0.966 bits per heavy atom. The second kappa shape index (κ2) is 8.52. The van der Waals surface area contributed by atoms with Gasteiger partial charge in [-0.3, -0.25) is 9.59 Å². The van der Waals surface area contributed by atoms with Crippen LogP contribution in [0, 0.1) is 13.8 Å². The number of aromatic nitrogens is 2. The number of rotatable bonds is 6. The molecule has 3 aromatic rings. The van der Waals surface area contributed by atoms with Crippen molar-refractivity contribution in [3.05, 3.63) is 71.0 Å². The maximum absolute atomic E-state index is 12.7. The van der Waals surface area contributed by atoms with Gasteiger partial charge in [-0.15, -0.1) is 0 Å². The molecule has 0 atom stereocenters. The Morgan fingerprint density at radius 2 is 1.69 bits per heavy atom. The van der Waals surface area contributed by atoms with Gasteiger partial charge in [0.15, 0.2) is 5.78 Å². The number of hydrogen-bond donors (Lipinski definition) is 2. The summed E-state index contributed by atoms with van der Waals surface area (Å²) in [5.41, 5.74) is 3.77. The van der Waals surface area contributed by atoms with Gasteiger partial charge >= 0.3 is 0 Å². The first kappa shape index (κ1) is 20.0. The molecule has 2 aromatic carbocycles. The van der Waals surface area contributed by atoms with Crippen molar-refractivity contribution < 1.29 is 14.3 Å². The molecule has 0 saturated heterocycles. The van der Waals surface area contributed by atoms with Gasteiger partial charge in [-0.05, 0) is 68.8 Å². The van der Waals surface area contributed by atoms with Crippen LogP contribution in [-0.4, -0.2) is 28.8 Å². The highest BCUT2D eigenvalue weighted by atomic mass is 16.5. The second-order valence-corrected chi connectivity index (χ2v) is 6.63.